The molecule has 1 nitrogen and oxygen atoms in total. The predicted molar refractivity (Wildman–Crippen MR) is 201 cm³/mol. The van der Waals surface area contributed by atoms with Crippen LogP contribution in [0.1, 0.15) is 52.7 Å². The van der Waals surface area contributed by atoms with E-state index in [0.717, 1.165) is 0 Å². The monoisotopic (exact) mass is 611 g/mol. The molecule has 8 rings (SSSR count). The van der Waals surface area contributed by atoms with Crippen LogP contribution in [0.4, 0.5) is 0 Å². The van der Waals surface area contributed by atoms with Gasteiger partial charge in [-0.05, 0) is 90.2 Å². The lowest BCUT2D eigenvalue weighted by molar-refractivity contribution is 0.590. The molecule has 1 aromatic heterocycles. The minimum absolute atomic E-state index is 0.0738. The number of benzene rings is 6. The Balaban J connectivity index is 1.44. The van der Waals surface area contributed by atoms with E-state index in [2.05, 4.69) is 186 Å². The highest BCUT2D eigenvalue weighted by molar-refractivity contribution is 7.22. The van der Waals surface area contributed by atoms with Crippen LogP contribution in [0.25, 0.3) is 38.6 Å². The molecule has 0 unspecified atom stereocenters. The van der Waals surface area contributed by atoms with Crippen molar-refractivity contribution in [3.05, 3.63) is 151 Å². The summed E-state index contributed by atoms with van der Waals surface area (Å²) in [6.45, 7) is 13.8. The van der Waals surface area contributed by atoms with Crippen LogP contribution in [0.3, 0.4) is 0 Å². The molecule has 0 saturated heterocycles. The molecular weight excluding hydrogens is 571 g/mol. The van der Waals surface area contributed by atoms with Crippen molar-refractivity contribution < 1.29 is 0 Å². The summed E-state index contributed by atoms with van der Waals surface area (Å²) < 4.78 is 2.50. The zero-order valence-electron chi connectivity index (χ0n) is 27.7. The van der Waals surface area contributed by atoms with E-state index in [9.17, 15) is 0 Å². The van der Waals surface area contributed by atoms with E-state index in [-0.39, 0.29) is 10.8 Å². The van der Waals surface area contributed by atoms with Gasteiger partial charge < -0.3 is 4.57 Å². The molecule has 0 N–H and O–H groups in total. The lowest BCUT2D eigenvalue weighted by atomic mass is 9.85. The van der Waals surface area contributed by atoms with E-state index in [0.29, 0.717) is 0 Å². The van der Waals surface area contributed by atoms with Crippen molar-refractivity contribution in [3.8, 4) is 16.8 Å². The van der Waals surface area contributed by atoms with Crippen LogP contribution in [0, 0.1) is 0 Å². The summed E-state index contributed by atoms with van der Waals surface area (Å²) in [7, 11) is -2.51. The lowest BCUT2D eigenvalue weighted by Gasteiger charge is -2.31. The van der Waals surface area contributed by atoms with Crippen molar-refractivity contribution in [2.45, 2.75) is 52.4 Å². The largest absolute Gasteiger partial charge is 0.309 e. The minimum Gasteiger partial charge on any atom is -0.309 e. The van der Waals surface area contributed by atoms with Crippen LogP contribution in [0.2, 0.25) is 0 Å². The fourth-order valence-corrected chi connectivity index (χ4v) is 13.0. The Hall–Kier alpha value is -4.66. The fraction of sp³-hybridized carbons (Fsp3) is 0.182. The zero-order chi connectivity index (χ0) is 31.8. The maximum absolute atomic E-state index is 2.51. The third-order valence-corrected chi connectivity index (χ3v) is 15.1. The van der Waals surface area contributed by atoms with Gasteiger partial charge in [0.1, 0.15) is 0 Å². The Morgan fingerprint density at radius 3 is 1.43 bits per heavy atom. The first kappa shape index (κ1) is 28.8. The van der Waals surface area contributed by atoms with E-state index in [1.54, 1.807) is 0 Å². The number of rotatable bonds is 3. The van der Waals surface area contributed by atoms with Crippen molar-refractivity contribution in [2.75, 3.05) is 0 Å². The van der Waals surface area contributed by atoms with Gasteiger partial charge in [-0.15, -0.1) is 0 Å². The lowest BCUT2D eigenvalue weighted by Crippen LogP contribution is -2.72. The molecule has 7 aromatic rings. The van der Waals surface area contributed by atoms with Crippen molar-refractivity contribution in [3.63, 3.8) is 0 Å². The van der Waals surface area contributed by atoms with Crippen molar-refractivity contribution in [2.24, 2.45) is 0 Å². The quantitative estimate of drug-likeness (QED) is 0.176. The predicted octanol–water partition coefficient (Wildman–Crippen LogP) is 8.74. The van der Waals surface area contributed by atoms with Gasteiger partial charge in [0.15, 0.2) is 8.07 Å². The van der Waals surface area contributed by atoms with Gasteiger partial charge in [-0.25, -0.2) is 0 Å². The summed E-state index contributed by atoms with van der Waals surface area (Å²) in [5, 5.41) is 8.47. The second kappa shape index (κ2) is 10.2. The van der Waals surface area contributed by atoms with E-state index in [4.69, 9.17) is 0 Å². The first-order valence-electron chi connectivity index (χ1n) is 16.5. The number of fused-ring (bicyclic) bond motifs is 6. The first-order valence-corrected chi connectivity index (χ1v) is 18.5. The molecule has 0 amide bonds. The number of hydrogen-bond acceptors (Lipinski definition) is 0. The molecule has 2 heterocycles. The van der Waals surface area contributed by atoms with Gasteiger partial charge in [-0.1, -0.05) is 145 Å². The van der Waals surface area contributed by atoms with Gasteiger partial charge in [0, 0.05) is 16.5 Å². The molecule has 226 valence electrons. The van der Waals surface area contributed by atoms with Crippen molar-refractivity contribution >= 4 is 50.6 Å². The average molecular weight is 612 g/mol. The highest BCUT2D eigenvalue weighted by atomic mass is 28.3. The van der Waals surface area contributed by atoms with Gasteiger partial charge in [0.05, 0.1) is 11.0 Å². The van der Waals surface area contributed by atoms with Crippen LogP contribution >= 0.6 is 0 Å². The zero-order valence-corrected chi connectivity index (χ0v) is 28.7. The number of nitrogens with zero attached hydrogens (tertiary/aromatic N) is 1. The van der Waals surface area contributed by atoms with E-state index in [1.807, 2.05) is 0 Å². The summed E-state index contributed by atoms with van der Waals surface area (Å²) >= 11 is 0. The molecule has 0 bridgehead atoms. The van der Waals surface area contributed by atoms with Gasteiger partial charge in [0.25, 0.3) is 0 Å². The molecule has 0 spiro atoms. The van der Waals surface area contributed by atoms with Crippen LogP contribution in [-0.4, -0.2) is 12.6 Å². The smallest absolute Gasteiger partial charge is 0.180 e. The summed E-state index contributed by atoms with van der Waals surface area (Å²) in [5.74, 6) is 0. The Morgan fingerprint density at radius 2 is 0.913 bits per heavy atom. The summed E-state index contributed by atoms with van der Waals surface area (Å²) in [4.78, 5) is 0. The molecule has 0 atom stereocenters. The Morgan fingerprint density at radius 1 is 0.435 bits per heavy atom. The normalized spacial score (nSPS) is 14.0. The van der Waals surface area contributed by atoms with Gasteiger partial charge in [0.2, 0.25) is 0 Å². The second-order valence-electron chi connectivity index (χ2n) is 15.1. The summed E-state index contributed by atoms with van der Waals surface area (Å²) in [6.07, 6.45) is 0. The molecular formula is C44H41NSi. The van der Waals surface area contributed by atoms with Gasteiger partial charge >= 0.3 is 0 Å². The minimum atomic E-state index is -2.51. The van der Waals surface area contributed by atoms with Crippen LogP contribution in [0.15, 0.2) is 140 Å². The molecule has 0 radical (unpaired) electrons. The summed E-state index contributed by atoms with van der Waals surface area (Å²) in [6, 6.07) is 53.2. The molecule has 2 heteroatoms. The van der Waals surface area contributed by atoms with Gasteiger partial charge in [-0.3, -0.25) is 0 Å². The maximum Gasteiger partial charge on any atom is 0.180 e. The second-order valence-corrected chi connectivity index (χ2v) is 18.8. The Labute approximate surface area is 274 Å². The highest BCUT2D eigenvalue weighted by Crippen LogP contribution is 2.39. The third-order valence-electron chi connectivity index (χ3n) is 10.2. The van der Waals surface area contributed by atoms with Crippen molar-refractivity contribution in [1.29, 1.82) is 0 Å². The first-order chi connectivity index (χ1) is 22.1. The van der Waals surface area contributed by atoms with Gasteiger partial charge in [-0.2, -0.15) is 0 Å². The number of hydrogen-bond donors (Lipinski definition) is 0. The molecule has 0 saturated carbocycles. The van der Waals surface area contributed by atoms with E-state index >= 15 is 0 Å². The summed E-state index contributed by atoms with van der Waals surface area (Å²) in [5.41, 5.74) is 9.34. The van der Waals surface area contributed by atoms with Crippen molar-refractivity contribution in [1.82, 2.24) is 4.57 Å². The maximum atomic E-state index is 2.50. The molecule has 0 aliphatic carbocycles. The molecule has 1 aliphatic rings. The Kier molecular flexibility index (Phi) is 6.36. The number of aromatic nitrogens is 1. The fourth-order valence-electron chi connectivity index (χ4n) is 7.81. The van der Waals surface area contributed by atoms with Crippen LogP contribution < -0.4 is 20.7 Å². The topological polar surface area (TPSA) is 4.93 Å². The van der Waals surface area contributed by atoms with E-state index in [1.165, 1.54) is 70.5 Å². The standard InChI is InChI=1S/C44H41NSi/c1-43(2,3)30-21-24-39-36(27-30)37-28-31(44(4,5)6)22-25-40(37)45(39)32-23-26-42-38(29-32)35-19-13-14-20-41(35)46(42,33-15-9-7-10-16-33)34-17-11-8-12-18-34/h7-29H,1-6H3. The van der Waals surface area contributed by atoms with Crippen LogP contribution in [-0.2, 0) is 10.8 Å². The third kappa shape index (κ3) is 4.20. The molecule has 0 fully saturated rings. The molecule has 1 aliphatic heterocycles. The Bertz CT molecular complexity index is 2150. The SMILES string of the molecule is CC(C)(C)c1ccc2c(c1)c1cc(C(C)(C)C)ccc1n2-c1ccc2c(c1)-c1ccccc1[Si]2(c1ccccc1)c1ccccc1. The average Bonchev–Trinajstić information content (AvgIpc) is 3.54. The van der Waals surface area contributed by atoms with Crippen LogP contribution in [0.5, 0.6) is 0 Å². The molecule has 46 heavy (non-hydrogen) atoms. The highest BCUT2D eigenvalue weighted by Gasteiger charge is 2.48. The van der Waals surface area contributed by atoms with E-state index < -0.39 is 8.07 Å². The molecule has 6 aromatic carbocycles.